The van der Waals surface area contributed by atoms with Gasteiger partial charge in [-0.3, -0.25) is 4.79 Å². The normalized spacial score (nSPS) is 20.5. The van der Waals surface area contributed by atoms with Gasteiger partial charge in [-0.05, 0) is 43.4 Å². The third-order valence-electron chi connectivity index (χ3n) is 4.18. The topological polar surface area (TPSA) is 92.5 Å². The monoisotopic (exact) mass is 353 g/mol. The molecule has 0 spiro atoms. The molecule has 24 heavy (non-hydrogen) atoms. The summed E-state index contributed by atoms with van der Waals surface area (Å²) in [6.07, 6.45) is 2.26. The van der Waals surface area contributed by atoms with Gasteiger partial charge in [0.15, 0.2) is 0 Å². The highest BCUT2D eigenvalue weighted by Crippen LogP contribution is 2.23. The highest BCUT2D eigenvalue weighted by atomic mass is 32.2. The van der Waals surface area contributed by atoms with E-state index in [4.69, 9.17) is 5.73 Å². The van der Waals surface area contributed by atoms with Crippen LogP contribution >= 0.6 is 0 Å². The van der Waals surface area contributed by atoms with Crippen LogP contribution in [-0.2, 0) is 21.4 Å². The van der Waals surface area contributed by atoms with E-state index in [1.54, 1.807) is 35.5 Å². The molecule has 0 aliphatic carbocycles. The van der Waals surface area contributed by atoms with Crippen LogP contribution in [0.25, 0.3) is 0 Å². The van der Waals surface area contributed by atoms with E-state index < -0.39 is 10.0 Å². The third kappa shape index (κ3) is 5.03. The number of amides is 1. The molecule has 1 heterocycles. The van der Waals surface area contributed by atoms with Crippen molar-refractivity contribution in [3.63, 3.8) is 0 Å². The number of nitrogens with two attached hydrogens (primary N) is 1. The fourth-order valence-electron chi connectivity index (χ4n) is 2.86. The summed E-state index contributed by atoms with van der Waals surface area (Å²) in [4.78, 5) is 11.9. The first kappa shape index (κ1) is 18.9. The Morgan fingerprint density at radius 3 is 2.62 bits per heavy atom. The van der Waals surface area contributed by atoms with Gasteiger partial charge in [0.2, 0.25) is 15.9 Å². The van der Waals surface area contributed by atoms with E-state index in [1.807, 2.05) is 0 Å². The summed E-state index contributed by atoms with van der Waals surface area (Å²) in [5, 5.41) is 2.78. The summed E-state index contributed by atoms with van der Waals surface area (Å²) >= 11 is 0. The van der Waals surface area contributed by atoms with Crippen LogP contribution in [0.3, 0.4) is 0 Å². The van der Waals surface area contributed by atoms with Gasteiger partial charge in [0.05, 0.1) is 4.90 Å². The molecule has 2 unspecified atom stereocenters. The van der Waals surface area contributed by atoms with Crippen molar-refractivity contribution < 1.29 is 13.2 Å². The quantitative estimate of drug-likeness (QED) is 0.810. The average Bonchev–Trinajstić information content (AvgIpc) is 2.53. The Labute approximate surface area is 144 Å². The number of rotatable bonds is 6. The fraction of sp³-hybridized carbons (Fsp3) is 0.588. The Kier molecular flexibility index (Phi) is 6.37. The van der Waals surface area contributed by atoms with Crippen LogP contribution in [0.1, 0.15) is 38.7 Å². The van der Waals surface area contributed by atoms with Crippen molar-refractivity contribution in [3.05, 3.63) is 29.8 Å². The Hall–Kier alpha value is -1.44. The maximum atomic E-state index is 12.7. The van der Waals surface area contributed by atoms with Crippen molar-refractivity contribution in [3.8, 4) is 0 Å². The molecule has 1 aliphatic rings. The zero-order valence-electron chi connectivity index (χ0n) is 14.4. The number of carbonyl (C=O) groups excluding carboxylic acids is 1. The summed E-state index contributed by atoms with van der Waals surface area (Å²) < 4.78 is 26.9. The Balaban J connectivity index is 1.99. The van der Waals surface area contributed by atoms with Crippen molar-refractivity contribution in [2.45, 2.75) is 50.6 Å². The minimum absolute atomic E-state index is 0.107. The number of hydrogen-bond acceptors (Lipinski definition) is 4. The molecule has 2 atom stereocenters. The van der Waals surface area contributed by atoms with Gasteiger partial charge in [-0.1, -0.05) is 19.1 Å². The molecule has 2 rings (SSSR count). The second kappa shape index (κ2) is 8.09. The van der Waals surface area contributed by atoms with Gasteiger partial charge >= 0.3 is 0 Å². The lowest BCUT2D eigenvalue weighted by molar-refractivity contribution is -0.121. The molecule has 3 N–H and O–H groups in total. The van der Waals surface area contributed by atoms with Crippen molar-refractivity contribution in [1.29, 1.82) is 0 Å². The fourth-order valence-corrected chi connectivity index (χ4v) is 4.46. The van der Waals surface area contributed by atoms with Crippen molar-refractivity contribution in [1.82, 2.24) is 9.62 Å². The molecule has 134 valence electrons. The number of benzene rings is 1. The molecule has 1 fully saturated rings. The molecule has 1 aromatic carbocycles. The molecule has 1 aliphatic heterocycles. The maximum Gasteiger partial charge on any atom is 0.243 e. The molecule has 1 aromatic rings. The van der Waals surface area contributed by atoms with Gasteiger partial charge in [-0.2, -0.15) is 4.31 Å². The molecular formula is C17H27N3O3S. The zero-order chi connectivity index (χ0) is 17.7. The van der Waals surface area contributed by atoms with Crippen LogP contribution in [0.15, 0.2) is 29.2 Å². The van der Waals surface area contributed by atoms with Gasteiger partial charge in [-0.15, -0.1) is 0 Å². The molecule has 0 saturated carbocycles. The van der Waals surface area contributed by atoms with E-state index in [1.165, 1.54) is 0 Å². The van der Waals surface area contributed by atoms with Gasteiger partial charge < -0.3 is 11.1 Å². The standard InChI is InChI=1S/C17H27N3O3S/c1-13-4-3-9-20(12-13)24(22,23)16-7-5-15(6-8-16)11-19-17(21)10-14(2)18/h5-8,13-14H,3-4,9-12,18H2,1-2H3,(H,19,21). The lowest BCUT2D eigenvalue weighted by atomic mass is 10.0. The van der Waals surface area contributed by atoms with E-state index in [0.717, 1.165) is 18.4 Å². The van der Waals surface area contributed by atoms with Crippen molar-refractivity contribution >= 4 is 15.9 Å². The smallest absolute Gasteiger partial charge is 0.243 e. The SMILES string of the molecule is CC(N)CC(=O)NCc1ccc(S(=O)(=O)N2CCCC(C)C2)cc1. The predicted octanol–water partition coefficient (Wildman–Crippen LogP) is 1.46. The number of piperidine rings is 1. The highest BCUT2D eigenvalue weighted by molar-refractivity contribution is 7.89. The van der Waals surface area contributed by atoms with Crippen molar-refractivity contribution in [2.75, 3.05) is 13.1 Å². The summed E-state index contributed by atoms with van der Waals surface area (Å²) in [5.41, 5.74) is 6.44. The lowest BCUT2D eigenvalue weighted by Gasteiger charge is -2.30. The minimum Gasteiger partial charge on any atom is -0.352 e. The Morgan fingerprint density at radius 1 is 1.38 bits per heavy atom. The largest absolute Gasteiger partial charge is 0.352 e. The van der Waals surface area contributed by atoms with Crippen LogP contribution in [0.5, 0.6) is 0 Å². The molecule has 1 amide bonds. The van der Waals surface area contributed by atoms with Gasteiger partial charge in [-0.25, -0.2) is 8.42 Å². The Morgan fingerprint density at radius 2 is 2.04 bits per heavy atom. The van der Waals surface area contributed by atoms with E-state index >= 15 is 0 Å². The van der Waals surface area contributed by atoms with E-state index in [2.05, 4.69) is 12.2 Å². The van der Waals surface area contributed by atoms with Crippen LogP contribution in [0, 0.1) is 5.92 Å². The average molecular weight is 353 g/mol. The lowest BCUT2D eigenvalue weighted by Crippen LogP contribution is -2.39. The summed E-state index contributed by atoms with van der Waals surface area (Å²) in [5.74, 6) is 0.289. The van der Waals surface area contributed by atoms with Crippen molar-refractivity contribution in [2.24, 2.45) is 11.7 Å². The van der Waals surface area contributed by atoms with Gasteiger partial charge in [0.25, 0.3) is 0 Å². The first-order chi connectivity index (χ1) is 11.3. The van der Waals surface area contributed by atoms with E-state index in [-0.39, 0.29) is 18.4 Å². The second-order valence-electron chi connectivity index (χ2n) is 6.71. The molecule has 1 saturated heterocycles. The summed E-state index contributed by atoms with van der Waals surface area (Å²) in [7, 11) is -3.43. The summed E-state index contributed by atoms with van der Waals surface area (Å²) in [6.45, 7) is 5.39. The second-order valence-corrected chi connectivity index (χ2v) is 8.65. The summed E-state index contributed by atoms with van der Waals surface area (Å²) in [6, 6.07) is 6.53. The van der Waals surface area contributed by atoms with Crippen LogP contribution in [-0.4, -0.2) is 37.8 Å². The first-order valence-corrected chi connectivity index (χ1v) is 9.84. The minimum atomic E-state index is -3.43. The zero-order valence-corrected chi connectivity index (χ0v) is 15.2. The molecular weight excluding hydrogens is 326 g/mol. The molecule has 6 nitrogen and oxygen atoms in total. The van der Waals surface area contributed by atoms with Crippen LogP contribution < -0.4 is 11.1 Å². The number of carbonyl (C=O) groups is 1. The van der Waals surface area contributed by atoms with Gasteiger partial charge in [0, 0.05) is 32.1 Å². The number of sulfonamides is 1. The van der Waals surface area contributed by atoms with E-state index in [9.17, 15) is 13.2 Å². The van der Waals surface area contributed by atoms with Gasteiger partial charge in [0.1, 0.15) is 0 Å². The van der Waals surface area contributed by atoms with Crippen LogP contribution in [0.2, 0.25) is 0 Å². The number of hydrogen-bond donors (Lipinski definition) is 2. The molecule has 0 bridgehead atoms. The predicted molar refractivity (Wildman–Crippen MR) is 93.7 cm³/mol. The van der Waals surface area contributed by atoms with E-state index in [0.29, 0.717) is 30.4 Å². The third-order valence-corrected chi connectivity index (χ3v) is 6.06. The highest BCUT2D eigenvalue weighted by Gasteiger charge is 2.28. The molecule has 0 radical (unpaired) electrons. The number of nitrogens with zero attached hydrogens (tertiary/aromatic N) is 1. The first-order valence-electron chi connectivity index (χ1n) is 8.40. The molecule has 7 heteroatoms. The number of nitrogens with one attached hydrogen (secondary N) is 1. The van der Waals surface area contributed by atoms with Crippen LogP contribution in [0.4, 0.5) is 0 Å². The Bertz CT molecular complexity index is 656. The maximum absolute atomic E-state index is 12.7. The molecule has 0 aromatic heterocycles.